The molecule has 0 aliphatic heterocycles. The predicted molar refractivity (Wildman–Crippen MR) is 84.4 cm³/mol. The van der Waals surface area contributed by atoms with Crippen LogP contribution in [0.2, 0.25) is 0 Å². The summed E-state index contributed by atoms with van der Waals surface area (Å²) >= 11 is 0. The van der Waals surface area contributed by atoms with Crippen molar-refractivity contribution < 1.29 is 4.79 Å². The third-order valence-electron chi connectivity index (χ3n) is 3.54. The molecule has 1 amide bonds. The zero-order valence-electron chi connectivity index (χ0n) is 12.4. The highest BCUT2D eigenvalue weighted by molar-refractivity contribution is 5.94. The van der Waals surface area contributed by atoms with E-state index < -0.39 is 0 Å². The van der Waals surface area contributed by atoms with Crippen LogP contribution in [0.4, 0.5) is 0 Å². The standard InChI is InChI=1S/C17H18N4O/c1-20(12-16-3-2-8-19-16)17(22)15-6-4-14(5-7-15)11-21-10-9-18-13-21/h2-10,13,19H,11-12H2,1H3. The molecule has 0 atom stereocenters. The van der Waals surface area contributed by atoms with Gasteiger partial charge >= 0.3 is 0 Å². The van der Waals surface area contributed by atoms with Crippen LogP contribution < -0.4 is 0 Å². The van der Waals surface area contributed by atoms with Crippen LogP contribution in [-0.4, -0.2) is 32.4 Å². The molecule has 5 nitrogen and oxygen atoms in total. The van der Waals surface area contributed by atoms with E-state index in [1.807, 2.05) is 60.4 Å². The van der Waals surface area contributed by atoms with Gasteiger partial charge in [0.2, 0.25) is 0 Å². The molecule has 0 bridgehead atoms. The Labute approximate surface area is 129 Å². The monoisotopic (exact) mass is 294 g/mol. The fourth-order valence-corrected chi connectivity index (χ4v) is 2.36. The number of benzene rings is 1. The summed E-state index contributed by atoms with van der Waals surface area (Å²) in [7, 11) is 1.81. The summed E-state index contributed by atoms with van der Waals surface area (Å²) in [6.45, 7) is 1.33. The van der Waals surface area contributed by atoms with E-state index in [1.54, 1.807) is 17.4 Å². The van der Waals surface area contributed by atoms with E-state index in [4.69, 9.17) is 0 Å². The molecule has 0 aliphatic rings. The van der Waals surface area contributed by atoms with Gasteiger partial charge in [-0.2, -0.15) is 0 Å². The van der Waals surface area contributed by atoms with Gasteiger partial charge in [0.05, 0.1) is 12.9 Å². The van der Waals surface area contributed by atoms with E-state index >= 15 is 0 Å². The third kappa shape index (κ3) is 3.25. The van der Waals surface area contributed by atoms with Gasteiger partial charge in [0.15, 0.2) is 0 Å². The zero-order valence-corrected chi connectivity index (χ0v) is 12.4. The van der Waals surface area contributed by atoms with Gasteiger partial charge < -0.3 is 14.5 Å². The second kappa shape index (κ2) is 6.30. The minimum absolute atomic E-state index is 0.0174. The summed E-state index contributed by atoms with van der Waals surface area (Å²) in [5, 5.41) is 0. The molecule has 3 rings (SSSR count). The Morgan fingerprint density at radius 1 is 1.27 bits per heavy atom. The maximum atomic E-state index is 12.4. The largest absolute Gasteiger partial charge is 0.364 e. The quantitative estimate of drug-likeness (QED) is 0.786. The van der Waals surface area contributed by atoms with Crippen LogP contribution in [0.25, 0.3) is 0 Å². The average molecular weight is 294 g/mol. The molecule has 3 aromatic rings. The molecule has 0 unspecified atom stereocenters. The molecule has 0 fully saturated rings. The molecule has 0 radical (unpaired) electrons. The number of H-pyrrole nitrogens is 1. The number of nitrogens with zero attached hydrogens (tertiary/aromatic N) is 3. The number of rotatable bonds is 5. The summed E-state index contributed by atoms with van der Waals surface area (Å²) in [4.78, 5) is 21.2. The number of carbonyl (C=O) groups is 1. The highest BCUT2D eigenvalue weighted by Crippen LogP contribution is 2.10. The summed E-state index contributed by atoms with van der Waals surface area (Å²) in [6.07, 6.45) is 7.32. The Hall–Kier alpha value is -2.82. The van der Waals surface area contributed by atoms with Crippen LogP contribution in [0.3, 0.4) is 0 Å². The van der Waals surface area contributed by atoms with Crippen molar-refractivity contribution in [2.24, 2.45) is 0 Å². The number of nitrogens with one attached hydrogen (secondary N) is 1. The molecule has 2 aromatic heterocycles. The van der Waals surface area contributed by atoms with Gasteiger partial charge in [0.25, 0.3) is 5.91 Å². The molecule has 112 valence electrons. The minimum atomic E-state index is 0.0174. The van der Waals surface area contributed by atoms with Crippen molar-refractivity contribution in [3.8, 4) is 0 Å². The Morgan fingerprint density at radius 2 is 2.09 bits per heavy atom. The summed E-state index contributed by atoms with van der Waals surface area (Å²) in [5.74, 6) is 0.0174. The number of hydrogen-bond donors (Lipinski definition) is 1. The first-order chi connectivity index (χ1) is 10.7. The maximum Gasteiger partial charge on any atom is 0.253 e. The average Bonchev–Trinajstić information content (AvgIpc) is 3.21. The maximum absolute atomic E-state index is 12.4. The van der Waals surface area contributed by atoms with Crippen LogP contribution in [0.5, 0.6) is 0 Å². The normalized spacial score (nSPS) is 10.6. The fourth-order valence-electron chi connectivity index (χ4n) is 2.36. The van der Waals surface area contributed by atoms with E-state index in [0.29, 0.717) is 12.1 Å². The van der Waals surface area contributed by atoms with Crippen LogP contribution >= 0.6 is 0 Å². The van der Waals surface area contributed by atoms with E-state index in [9.17, 15) is 4.79 Å². The number of aromatic amines is 1. The molecule has 5 heteroatoms. The lowest BCUT2D eigenvalue weighted by atomic mass is 10.1. The van der Waals surface area contributed by atoms with Gasteiger partial charge in [-0.1, -0.05) is 12.1 Å². The minimum Gasteiger partial charge on any atom is -0.364 e. The fraction of sp³-hybridized carbons (Fsp3) is 0.176. The summed E-state index contributed by atoms with van der Waals surface area (Å²) < 4.78 is 1.99. The molecule has 0 saturated heterocycles. The number of imidazole rings is 1. The zero-order chi connectivity index (χ0) is 15.4. The Kier molecular flexibility index (Phi) is 4.05. The van der Waals surface area contributed by atoms with E-state index in [0.717, 1.165) is 17.8 Å². The number of amides is 1. The summed E-state index contributed by atoms with van der Waals surface area (Å²) in [6, 6.07) is 11.6. The van der Waals surface area contributed by atoms with Gasteiger partial charge in [-0.15, -0.1) is 0 Å². The smallest absolute Gasteiger partial charge is 0.253 e. The van der Waals surface area contributed by atoms with Gasteiger partial charge in [-0.25, -0.2) is 4.98 Å². The number of aromatic nitrogens is 3. The van der Waals surface area contributed by atoms with Crippen molar-refractivity contribution >= 4 is 5.91 Å². The number of carbonyl (C=O) groups excluding carboxylic acids is 1. The highest BCUT2D eigenvalue weighted by atomic mass is 16.2. The van der Waals surface area contributed by atoms with Crippen molar-refractivity contribution in [1.29, 1.82) is 0 Å². The first kappa shape index (κ1) is 14.1. The molecule has 0 aliphatic carbocycles. The molecular formula is C17H18N4O. The third-order valence-corrected chi connectivity index (χ3v) is 3.54. The van der Waals surface area contributed by atoms with Gasteiger partial charge in [-0.05, 0) is 29.8 Å². The van der Waals surface area contributed by atoms with Crippen molar-refractivity contribution in [3.05, 3.63) is 78.1 Å². The lowest BCUT2D eigenvalue weighted by Gasteiger charge is -2.16. The Morgan fingerprint density at radius 3 is 2.73 bits per heavy atom. The van der Waals surface area contributed by atoms with Crippen molar-refractivity contribution in [3.63, 3.8) is 0 Å². The van der Waals surface area contributed by atoms with Gasteiger partial charge in [0.1, 0.15) is 0 Å². The molecule has 0 spiro atoms. The van der Waals surface area contributed by atoms with Crippen molar-refractivity contribution in [1.82, 2.24) is 19.4 Å². The molecule has 1 N–H and O–H groups in total. The molecular weight excluding hydrogens is 276 g/mol. The molecule has 1 aromatic carbocycles. The molecule has 0 saturated carbocycles. The van der Waals surface area contributed by atoms with Crippen LogP contribution in [-0.2, 0) is 13.1 Å². The van der Waals surface area contributed by atoms with E-state index in [2.05, 4.69) is 9.97 Å². The van der Waals surface area contributed by atoms with Crippen LogP contribution in [0.15, 0.2) is 61.3 Å². The van der Waals surface area contributed by atoms with Crippen LogP contribution in [0.1, 0.15) is 21.6 Å². The Bertz CT molecular complexity index is 715. The SMILES string of the molecule is CN(Cc1ccc[nH]1)C(=O)c1ccc(Cn2ccnc2)cc1. The van der Waals surface area contributed by atoms with E-state index in [1.165, 1.54) is 0 Å². The Balaban J connectivity index is 1.65. The molecule has 2 heterocycles. The van der Waals surface area contributed by atoms with Crippen LogP contribution in [0, 0.1) is 0 Å². The van der Waals surface area contributed by atoms with Crippen molar-refractivity contribution in [2.75, 3.05) is 7.05 Å². The highest BCUT2D eigenvalue weighted by Gasteiger charge is 2.12. The first-order valence-electron chi connectivity index (χ1n) is 7.15. The summed E-state index contributed by atoms with van der Waals surface area (Å²) in [5.41, 5.74) is 2.86. The second-order valence-corrected chi connectivity index (χ2v) is 5.29. The predicted octanol–water partition coefficient (Wildman–Crippen LogP) is 2.53. The second-order valence-electron chi connectivity index (χ2n) is 5.29. The number of hydrogen-bond acceptors (Lipinski definition) is 2. The molecule has 22 heavy (non-hydrogen) atoms. The topological polar surface area (TPSA) is 53.9 Å². The van der Waals surface area contributed by atoms with Gasteiger partial charge in [0, 0.05) is 43.4 Å². The van der Waals surface area contributed by atoms with E-state index in [-0.39, 0.29) is 5.91 Å². The first-order valence-corrected chi connectivity index (χ1v) is 7.15. The van der Waals surface area contributed by atoms with Crippen molar-refractivity contribution in [2.45, 2.75) is 13.1 Å². The lowest BCUT2D eigenvalue weighted by Crippen LogP contribution is -2.26. The lowest BCUT2D eigenvalue weighted by molar-refractivity contribution is 0.0783. The van der Waals surface area contributed by atoms with Gasteiger partial charge in [-0.3, -0.25) is 4.79 Å².